The average molecular weight is 281 g/mol. The Labute approximate surface area is 117 Å². The highest BCUT2D eigenvalue weighted by Crippen LogP contribution is 2.28. The standard InChI is InChI=1S/C14H19NO3S/c1-3-10-4-5-15(12(6-10)14(17)18)13(16)11-8-19-7-9(11)2/h7-8,10,12H,3-6H2,1-2H3,(H,17,18). The average Bonchev–Trinajstić information content (AvgIpc) is 2.83. The van der Waals surface area contributed by atoms with Gasteiger partial charge in [0.2, 0.25) is 0 Å². The van der Waals surface area contributed by atoms with Crippen LogP contribution in [0.2, 0.25) is 0 Å². The number of aliphatic carboxylic acids is 1. The minimum Gasteiger partial charge on any atom is -0.480 e. The van der Waals surface area contributed by atoms with Gasteiger partial charge in [0, 0.05) is 11.9 Å². The third-order valence-electron chi connectivity index (χ3n) is 3.92. The fourth-order valence-corrected chi connectivity index (χ4v) is 3.44. The van der Waals surface area contributed by atoms with E-state index in [-0.39, 0.29) is 5.91 Å². The number of carbonyl (C=O) groups is 2. The van der Waals surface area contributed by atoms with Crippen LogP contribution in [-0.4, -0.2) is 34.5 Å². The van der Waals surface area contributed by atoms with Crippen LogP contribution in [0.15, 0.2) is 10.8 Å². The monoisotopic (exact) mass is 281 g/mol. The number of carboxylic acid groups (broad SMARTS) is 1. The Morgan fingerprint density at radius 2 is 2.21 bits per heavy atom. The number of rotatable bonds is 3. The van der Waals surface area contributed by atoms with Crippen LogP contribution in [0, 0.1) is 12.8 Å². The molecule has 0 bridgehead atoms. The van der Waals surface area contributed by atoms with Crippen molar-refractivity contribution in [1.82, 2.24) is 4.90 Å². The zero-order chi connectivity index (χ0) is 14.0. The van der Waals surface area contributed by atoms with E-state index in [1.54, 1.807) is 0 Å². The van der Waals surface area contributed by atoms with Crippen LogP contribution in [0.25, 0.3) is 0 Å². The Morgan fingerprint density at radius 1 is 1.47 bits per heavy atom. The first-order chi connectivity index (χ1) is 9.04. The number of aryl methyl sites for hydroxylation is 1. The van der Waals surface area contributed by atoms with Crippen molar-refractivity contribution in [3.63, 3.8) is 0 Å². The fourth-order valence-electron chi connectivity index (χ4n) is 2.62. The molecule has 1 N–H and O–H groups in total. The maximum Gasteiger partial charge on any atom is 0.326 e. The number of amides is 1. The van der Waals surface area contributed by atoms with Gasteiger partial charge in [-0.2, -0.15) is 11.3 Å². The molecule has 0 aromatic carbocycles. The maximum absolute atomic E-state index is 12.5. The molecular weight excluding hydrogens is 262 g/mol. The second-order valence-corrected chi connectivity index (χ2v) is 5.86. The van der Waals surface area contributed by atoms with E-state index in [0.29, 0.717) is 24.4 Å². The largest absolute Gasteiger partial charge is 0.480 e. The lowest BCUT2D eigenvalue weighted by Gasteiger charge is -2.37. The summed E-state index contributed by atoms with van der Waals surface area (Å²) >= 11 is 1.48. The summed E-state index contributed by atoms with van der Waals surface area (Å²) in [5, 5.41) is 13.1. The molecule has 1 amide bonds. The zero-order valence-electron chi connectivity index (χ0n) is 11.3. The van der Waals surface area contributed by atoms with E-state index in [1.807, 2.05) is 17.7 Å². The van der Waals surface area contributed by atoms with Gasteiger partial charge in [-0.25, -0.2) is 4.79 Å². The lowest BCUT2D eigenvalue weighted by molar-refractivity contribution is -0.144. The summed E-state index contributed by atoms with van der Waals surface area (Å²) in [5.74, 6) is -0.617. The number of carboxylic acids is 1. The van der Waals surface area contributed by atoms with Crippen LogP contribution in [0.3, 0.4) is 0 Å². The first-order valence-electron chi connectivity index (χ1n) is 6.61. The summed E-state index contributed by atoms with van der Waals surface area (Å²) in [4.78, 5) is 25.4. The van der Waals surface area contributed by atoms with Crippen LogP contribution in [0.5, 0.6) is 0 Å². The van der Waals surface area contributed by atoms with E-state index < -0.39 is 12.0 Å². The molecule has 104 valence electrons. The Kier molecular flexibility index (Phi) is 4.24. The Balaban J connectivity index is 2.20. The third kappa shape index (κ3) is 2.81. The van der Waals surface area contributed by atoms with Crippen LogP contribution in [0.1, 0.15) is 42.1 Å². The van der Waals surface area contributed by atoms with Crippen molar-refractivity contribution >= 4 is 23.2 Å². The van der Waals surface area contributed by atoms with Gasteiger partial charge in [0.05, 0.1) is 5.56 Å². The third-order valence-corrected chi connectivity index (χ3v) is 4.78. The summed E-state index contributed by atoms with van der Waals surface area (Å²) in [5.41, 5.74) is 1.57. The highest BCUT2D eigenvalue weighted by Gasteiger charge is 2.36. The molecule has 1 aromatic heterocycles. The van der Waals surface area contributed by atoms with Gasteiger partial charge in [-0.15, -0.1) is 0 Å². The summed E-state index contributed by atoms with van der Waals surface area (Å²) < 4.78 is 0. The number of hydrogen-bond donors (Lipinski definition) is 1. The molecule has 0 radical (unpaired) electrons. The van der Waals surface area contributed by atoms with Gasteiger partial charge < -0.3 is 10.0 Å². The molecule has 1 aromatic rings. The summed E-state index contributed by atoms with van der Waals surface area (Å²) in [6, 6.07) is -0.675. The second-order valence-electron chi connectivity index (χ2n) is 5.12. The highest BCUT2D eigenvalue weighted by atomic mass is 32.1. The minimum absolute atomic E-state index is 0.138. The van der Waals surface area contributed by atoms with E-state index in [1.165, 1.54) is 16.2 Å². The van der Waals surface area contributed by atoms with Gasteiger partial charge in [-0.3, -0.25) is 4.79 Å². The van der Waals surface area contributed by atoms with Gasteiger partial charge >= 0.3 is 5.97 Å². The molecule has 1 aliphatic rings. The highest BCUT2D eigenvalue weighted by molar-refractivity contribution is 7.08. The molecule has 5 heteroatoms. The van der Waals surface area contributed by atoms with Crippen molar-refractivity contribution < 1.29 is 14.7 Å². The molecular formula is C14H19NO3S. The second kappa shape index (κ2) is 5.74. The van der Waals surface area contributed by atoms with E-state index in [2.05, 4.69) is 6.92 Å². The number of nitrogens with zero attached hydrogens (tertiary/aromatic N) is 1. The Bertz CT molecular complexity index is 483. The lowest BCUT2D eigenvalue weighted by atomic mass is 9.88. The summed E-state index contributed by atoms with van der Waals surface area (Å²) in [6.45, 7) is 4.51. The Morgan fingerprint density at radius 3 is 2.74 bits per heavy atom. The van der Waals surface area contributed by atoms with Crippen LogP contribution >= 0.6 is 11.3 Å². The lowest BCUT2D eigenvalue weighted by Crippen LogP contribution is -2.50. The van der Waals surface area contributed by atoms with Crippen LogP contribution < -0.4 is 0 Å². The molecule has 2 rings (SSSR count). The quantitative estimate of drug-likeness (QED) is 0.926. The normalized spacial score (nSPS) is 23.4. The molecule has 0 saturated carbocycles. The van der Waals surface area contributed by atoms with Crippen molar-refractivity contribution in [2.24, 2.45) is 5.92 Å². The van der Waals surface area contributed by atoms with Crippen LogP contribution in [0.4, 0.5) is 0 Å². The first kappa shape index (κ1) is 14.1. The van der Waals surface area contributed by atoms with E-state index >= 15 is 0 Å². The van der Waals surface area contributed by atoms with Crippen molar-refractivity contribution in [1.29, 1.82) is 0 Å². The first-order valence-corrected chi connectivity index (χ1v) is 7.55. The topological polar surface area (TPSA) is 57.6 Å². The zero-order valence-corrected chi connectivity index (χ0v) is 12.1. The minimum atomic E-state index is -0.889. The molecule has 1 fully saturated rings. The fraction of sp³-hybridized carbons (Fsp3) is 0.571. The predicted octanol–water partition coefficient (Wildman–Crippen LogP) is 2.77. The number of carbonyl (C=O) groups excluding carboxylic acids is 1. The molecule has 0 spiro atoms. The van der Waals surface area contributed by atoms with Crippen molar-refractivity contribution in [2.75, 3.05) is 6.54 Å². The number of thiophene rings is 1. The van der Waals surface area contributed by atoms with E-state index in [0.717, 1.165) is 18.4 Å². The van der Waals surface area contributed by atoms with Gasteiger partial charge in [0.25, 0.3) is 5.91 Å². The molecule has 4 nitrogen and oxygen atoms in total. The molecule has 1 aliphatic heterocycles. The molecule has 1 saturated heterocycles. The SMILES string of the molecule is CCC1CCN(C(=O)c2cscc2C)C(C(=O)O)C1. The van der Waals surface area contributed by atoms with Gasteiger partial charge in [0.1, 0.15) is 6.04 Å². The van der Waals surface area contributed by atoms with E-state index in [4.69, 9.17) is 0 Å². The smallest absolute Gasteiger partial charge is 0.326 e. The predicted molar refractivity (Wildman–Crippen MR) is 74.5 cm³/mol. The summed E-state index contributed by atoms with van der Waals surface area (Å²) in [7, 11) is 0. The molecule has 0 aliphatic carbocycles. The van der Waals surface area contributed by atoms with E-state index in [9.17, 15) is 14.7 Å². The summed E-state index contributed by atoms with van der Waals surface area (Å²) in [6.07, 6.45) is 2.44. The number of piperidine rings is 1. The van der Waals surface area contributed by atoms with Crippen molar-refractivity contribution in [2.45, 2.75) is 39.2 Å². The molecule has 19 heavy (non-hydrogen) atoms. The molecule has 2 heterocycles. The van der Waals surface area contributed by atoms with Crippen molar-refractivity contribution in [3.8, 4) is 0 Å². The molecule has 2 atom stereocenters. The van der Waals surface area contributed by atoms with Crippen LogP contribution in [-0.2, 0) is 4.79 Å². The maximum atomic E-state index is 12.5. The Hall–Kier alpha value is -1.36. The van der Waals surface area contributed by atoms with Gasteiger partial charge in [-0.05, 0) is 36.6 Å². The van der Waals surface area contributed by atoms with Crippen molar-refractivity contribution in [3.05, 3.63) is 21.9 Å². The number of likely N-dealkylation sites (tertiary alicyclic amines) is 1. The van der Waals surface area contributed by atoms with Gasteiger partial charge in [-0.1, -0.05) is 13.3 Å². The van der Waals surface area contributed by atoms with Gasteiger partial charge in [0.15, 0.2) is 0 Å². The molecule has 2 unspecified atom stereocenters. The number of hydrogen-bond acceptors (Lipinski definition) is 3.